The highest BCUT2D eigenvalue weighted by Gasteiger charge is 2.14. The lowest BCUT2D eigenvalue weighted by Crippen LogP contribution is -2.19. The first-order chi connectivity index (χ1) is 14.4. The van der Waals surface area contributed by atoms with Crippen LogP contribution in [-0.2, 0) is 22.7 Å². The highest BCUT2D eigenvalue weighted by Crippen LogP contribution is 2.12. The van der Waals surface area contributed by atoms with E-state index in [-0.39, 0.29) is 12.4 Å². The van der Waals surface area contributed by atoms with Gasteiger partial charge in [-0.3, -0.25) is 4.79 Å². The van der Waals surface area contributed by atoms with Crippen molar-refractivity contribution in [3.63, 3.8) is 0 Å². The molecular weight excluding hydrogens is 380 g/mol. The first-order valence-corrected chi connectivity index (χ1v) is 9.66. The maximum atomic E-state index is 12.7. The predicted octanol–water partition coefficient (Wildman–Crippen LogP) is 4.13. The lowest BCUT2D eigenvalue weighted by molar-refractivity contribution is -0.149. The molecule has 3 rings (SSSR count). The quantitative estimate of drug-likeness (QED) is 0.543. The van der Waals surface area contributed by atoms with Crippen LogP contribution >= 0.6 is 0 Å². The molecule has 0 aliphatic heterocycles. The highest BCUT2D eigenvalue weighted by molar-refractivity contribution is 6.06. The second-order valence-electron chi connectivity index (χ2n) is 7.04. The van der Waals surface area contributed by atoms with Gasteiger partial charge in [-0.1, -0.05) is 60.2 Å². The number of aromatic nitrogens is 2. The summed E-state index contributed by atoms with van der Waals surface area (Å²) in [7, 11) is 0. The van der Waals surface area contributed by atoms with Crippen molar-refractivity contribution < 1.29 is 19.4 Å². The normalized spacial score (nSPS) is 12.2. The fourth-order valence-electron chi connectivity index (χ4n) is 2.88. The van der Waals surface area contributed by atoms with Gasteiger partial charge in [-0.15, -0.1) is 0 Å². The summed E-state index contributed by atoms with van der Waals surface area (Å²) in [5.41, 5.74) is 3.57. The van der Waals surface area contributed by atoms with E-state index < -0.39 is 12.1 Å². The zero-order chi connectivity index (χ0) is 21.5. The maximum Gasteiger partial charge on any atom is 0.332 e. The van der Waals surface area contributed by atoms with Gasteiger partial charge in [0.2, 0.25) is 5.78 Å². The van der Waals surface area contributed by atoms with E-state index in [4.69, 9.17) is 9.84 Å². The summed E-state index contributed by atoms with van der Waals surface area (Å²) in [5, 5.41) is 8.90. The van der Waals surface area contributed by atoms with Crippen LogP contribution in [0.2, 0.25) is 0 Å². The van der Waals surface area contributed by atoms with Crippen LogP contribution in [0.3, 0.4) is 0 Å². The van der Waals surface area contributed by atoms with E-state index >= 15 is 0 Å². The Bertz CT molecular complexity index is 1050. The number of imidazole rings is 1. The van der Waals surface area contributed by atoms with Crippen molar-refractivity contribution in [1.29, 1.82) is 0 Å². The Balaban J connectivity index is 1.64. The smallest absolute Gasteiger partial charge is 0.332 e. The van der Waals surface area contributed by atoms with Crippen LogP contribution in [0.25, 0.3) is 6.08 Å². The van der Waals surface area contributed by atoms with Gasteiger partial charge < -0.3 is 14.4 Å². The fraction of sp³-hybridized carbons (Fsp3) is 0.208. The maximum absolute atomic E-state index is 12.7. The van der Waals surface area contributed by atoms with E-state index in [0.717, 1.165) is 16.7 Å². The van der Waals surface area contributed by atoms with E-state index in [1.165, 1.54) is 6.92 Å². The molecule has 0 radical (unpaired) electrons. The molecular formula is C24H24N2O4. The Labute approximate surface area is 175 Å². The number of carbonyl (C=O) groups is 2. The lowest BCUT2D eigenvalue weighted by atomic mass is 10.1. The topological polar surface area (TPSA) is 81.4 Å². The molecule has 6 nitrogen and oxygen atoms in total. The molecule has 0 unspecified atom stereocenters. The number of nitrogens with zero attached hydrogens (tertiary/aromatic N) is 2. The number of ether oxygens (including phenoxy) is 1. The van der Waals surface area contributed by atoms with E-state index in [2.05, 4.69) is 4.98 Å². The Morgan fingerprint density at radius 2 is 1.97 bits per heavy atom. The number of aryl methyl sites for hydroxylation is 1. The molecule has 6 heteroatoms. The zero-order valence-electron chi connectivity index (χ0n) is 17.0. The molecule has 0 spiro atoms. The van der Waals surface area contributed by atoms with Gasteiger partial charge in [0.25, 0.3) is 0 Å². The summed E-state index contributed by atoms with van der Waals surface area (Å²) >= 11 is 0. The highest BCUT2D eigenvalue weighted by atomic mass is 16.5. The molecule has 0 bridgehead atoms. The van der Waals surface area contributed by atoms with Crippen molar-refractivity contribution >= 4 is 17.8 Å². The van der Waals surface area contributed by atoms with Crippen molar-refractivity contribution in [2.75, 3.05) is 0 Å². The van der Waals surface area contributed by atoms with E-state index in [1.54, 1.807) is 17.0 Å². The van der Waals surface area contributed by atoms with Gasteiger partial charge in [0, 0.05) is 24.5 Å². The minimum Gasteiger partial charge on any atom is -0.479 e. The Morgan fingerprint density at radius 1 is 1.20 bits per heavy atom. The van der Waals surface area contributed by atoms with Crippen LogP contribution in [0, 0.1) is 6.92 Å². The van der Waals surface area contributed by atoms with Crippen LogP contribution in [-0.4, -0.2) is 32.5 Å². The standard InChI is InChI=1S/C24H24N2O4/c1-17-8-10-21(11-9-17)22(27)23-25-12-14-26(23)13-4-7-19-5-3-6-20(15-19)16-30-18(2)24(28)29/h3-12,14-15,18H,13,16H2,1-2H3,(H,28,29)/b7-4+/t18-/m1/s1. The zero-order valence-corrected chi connectivity index (χ0v) is 17.0. The summed E-state index contributed by atoms with van der Waals surface area (Å²) in [6, 6.07) is 15.1. The Morgan fingerprint density at radius 3 is 2.70 bits per heavy atom. The van der Waals surface area contributed by atoms with Crippen LogP contribution < -0.4 is 0 Å². The summed E-state index contributed by atoms with van der Waals surface area (Å²) in [6.07, 6.45) is 6.45. The van der Waals surface area contributed by atoms with Crippen molar-refractivity contribution in [1.82, 2.24) is 9.55 Å². The summed E-state index contributed by atoms with van der Waals surface area (Å²) < 4.78 is 7.13. The number of ketones is 1. The third-order valence-electron chi connectivity index (χ3n) is 4.64. The number of benzene rings is 2. The molecule has 154 valence electrons. The fourth-order valence-corrected chi connectivity index (χ4v) is 2.88. The molecule has 0 amide bonds. The number of allylic oxidation sites excluding steroid dienone is 1. The number of aliphatic carboxylic acids is 1. The Kier molecular flexibility index (Phi) is 6.93. The third-order valence-corrected chi connectivity index (χ3v) is 4.64. The van der Waals surface area contributed by atoms with Crippen molar-refractivity contribution in [3.8, 4) is 0 Å². The molecule has 30 heavy (non-hydrogen) atoms. The van der Waals surface area contributed by atoms with Crippen LogP contribution in [0.4, 0.5) is 0 Å². The van der Waals surface area contributed by atoms with E-state index in [9.17, 15) is 9.59 Å². The van der Waals surface area contributed by atoms with Gasteiger partial charge in [-0.2, -0.15) is 0 Å². The minimum atomic E-state index is -0.984. The second-order valence-corrected chi connectivity index (χ2v) is 7.04. The van der Waals surface area contributed by atoms with Crippen molar-refractivity contribution in [3.05, 3.63) is 95.1 Å². The monoisotopic (exact) mass is 404 g/mol. The van der Waals surface area contributed by atoms with Crippen LogP contribution in [0.15, 0.2) is 67.0 Å². The largest absolute Gasteiger partial charge is 0.479 e. The van der Waals surface area contributed by atoms with Gasteiger partial charge in [0.05, 0.1) is 6.61 Å². The van der Waals surface area contributed by atoms with Crippen molar-refractivity contribution in [2.45, 2.75) is 33.1 Å². The van der Waals surface area contributed by atoms with Gasteiger partial charge in [-0.25, -0.2) is 9.78 Å². The first kappa shape index (κ1) is 21.2. The van der Waals surface area contributed by atoms with E-state index in [1.807, 2.05) is 67.6 Å². The molecule has 0 aliphatic carbocycles. The molecule has 2 aromatic carbocycles. The van der Waals surface area contributed by atoms with Crippen LogP contribution in [0.5, 0.6) is 0 Å². The van der Waals surface area contributed by atoms with Crippen LogP contribution in [0.1, 0.15) is 39.8 Å². The second kappa shape index (κ2) is 9.80. The average Bonchev–Trinajstić information content (AvgIpc) is 3.21. The Hall–Kier alpha value is -3.51. The van der Waals surface area contributed by atoms with Gasteiger partial charge >= 0.3 is 5.97 Å². The first-order valence-electron chi connectivity index (χ1n) is 9.66. The number of carbonyl (C=O) groups excluding carboxylic acids is 1. The summed E-state index contributed by atoms with van der Waals surface area (Å²) in [6.45, 7) is 4.22. The number of carboxylic acid groups (broad SMARTS) is 1. The van der Waals surface area contributed by atoms with Gasteiger partial charge in [0.15, 0.2) is 11.9 Å². The molecule has 1 heterocycles. The molecule has 1 aromatic heterocycles. The van der Waals surface area contributed by atoms with Gasteiger partial charge in [-0.05, 0) is 31.0 Å². The molecule has 1 N–H and O–H groups in total. The third kappa shape index (κ3) is 5.52. The number of carboxylic acids is 1. The molecule has 0 aliphatic rings. The molecule has 0 saturated heterocycles. The SMILES string of the molecule is Cc1ccc(C(=O)c2nccn2C/C=C/c2cccc(CO[C@H](C)C(=O)O)c2)cc1. The summed E-state index contributed by atoms with van der Waals surface area (Å²) in [5.74, 6) is -0.698. The molecule has 3 aromatic rings. The lowest BCUT2D eigenvalue weighted by Gasteiger charge is -2.09. The minimum absolute atomic E-state index is 0.111. The number of hydrogen-bond donors (Lipinski definition) is 1. The molecule has 0 saturated carbocycles. The molecule has 1 atom stereocenters. The molecule has 0 fully saturated rings. The van der Waals surface area contributed by atoms with E-state index in [0.29, 0.717) is 17.9 Å². The van der Waals surface area contributed by atoms with Gasteiger partial charge in [0.1, 0.15) is 0 Å². The number of hydrogen-bond acceptors (Lipinski definition) is 4. The summed E-state index contributed by atoms with van der Waals surface area (Å²) in [4.78, 5) is 27.8. The predicted molar refractivity (Wildman–Crippen MR) is 114 cm³/mol. The van der Waals surface area contributed by atoms with Crippen molar-refractivity contribution in [2.24, 2.45) is 0 Å². The average molecular weight is 404 g/mol. The number of rotatable bonds is 9.